The normalized spacial score (nSPS) is 18.9. The molecule has 0 saturated carbocycles. The summed E-state index contributed by atoms with van der Waals surface area (Å²) in [6.07, 6.45) is 0.872. The van der Waals surface area contributed by atoms with Crippen LogP contribution in [0.3, 0.4) is 0 Å². The van der Waals surface area contributed by atoms with Gasteiger partial charge in [-0.1, -0.05) is 30.3 Å². The fraction of sp³-hybridized carbons (Fsp3) is 0.500. The van der Waals surface area contributed by atoms with Gasteiger partial charge in [0.1, 0.15) is 5.54 Å². The summed E-state index contributed by atoms with van der Waals surface area (Å²) in [5.41, 5.74) is 6.11. The van der Waals surface area contributed by atoms with E-state index in [4.69, 9.17) is 10.5 Å². The van der Waals surface area contributed by atoms with E-state index in [9.17, 15) is 4.79 Å². The number of nitrogens with zero attached hydrogens (tertiary/aromatic N) is 1. The molecule has 1 saturated heterocycles. The molecule has 19 heavy (non-hydrogen) atoms. The van der Waals surface area contributed by atoms with Gasteiger partial charge in [-0.15, -0.1) is 12.4 Å². The number of ether oxygens (including phenoxy) is 1. The Labute approximate surface area is 120 Å². The van der Waals surface area contributed by atoms with Crippen molar-refractivity contribution < 1.29 is 9.53 Å². The van der Waals surface area contributed by atoms with Crippen LogP contribution in [0.25, 0.3) is 0 Å². The second-order valence-electron chi connectivity index (χ2n) is 4.83. The van der Waals surface area contributed by atoms with E-state index in [1.807, 2.05) is 30.3 Å². The zero-order chi connectivity index (χ0) is 13.0. The maximum absolute atomic E-state index is 12.5. The van der Waals surface area contributed by atoms with Crippen molar-refractivity contribution in [3.8, 4) is 0 Å². The number of carbonyl (C=O) groups excluding carboxylic acids is 1. The molecular formula is C14H21ClN2O2. The lowest BCUT2D eigenvalue weighted by molar-refractivity contribution is -0.136. The average Bonchev–Trinajstić information content (AvgIpc) is 2.67. The van der Waals surface area contributed by atoms with E-state index in [0.29, 0.717) is 13.2 Å². The van der Waals surface area contributed by atoms with Crippen molar-refractivity contribution in [1.29, 1.82) is 0 Å². The summed E-state index contributed by atoms with van der Waals surface area (Å²) in [7, 11) is 0. The zero-order valence-electron chi connectivity index (χ0n) is 11.2. The van der Waals surface area contributed by atoms with E-state index in [2.05, 4.69) is 0 Å². The summed E-state index contributed by atoms with van der Waals surface area (Å²) in [4.78, 5) is 14.3. The van der Waals surface area contributed by atoms with Crippen LogP contribution in [-0.2, 0) is 15.1 Å². The second kappa shape index (κ2) is 6.89. The van der Waals surface area contributed by atoms with Crippen LogP contribution in [0.1, 0.15) is 18.9 Å². The molecule has 1 aliphatic heterocycles. The van der Waals surface area contributed by atoms with Gasteiger partial charge < -0.3 is 15.4 Å². The Morgan fingerprint density at radius 1 is 1.26 bits per heavy atom. The summed E-state index contributed by atoms with van der Waals surface area (Å²) >= 11 is 0. The van der Waals surface area contributed by atoms with E-state index in [0.717, 1.165) is 25.1 Å². The Morgan fingerprint density at radius 3 is 2.63 bits per heavy atom. The van der Waals surface area contributed by atoms with E-state index in [-0.39, 0.29) is 18.3 Å². The van der Waals surface area contributed by atoms with E-state index < -0.39 is 5.54 Å². The monoisotopic (exact) mass is 284 g/mol. The predicted molar refractivity (Wildman–Crippen MR) is 77.2 cm³/mol. The van der Waals surface area contributed by atoms with Crippen LogP contribution in [-0.4, -0.2) is 37.1 Å². The summed E-state index contributed by atoms with van der Waals surface area (Å²) in [5, 5.41) is 0. The molecule has 4 nitrogen and oxygen atoms in total. The molecular weight excluding hydrogens is 264 g/mol. The number of carbonyl (C=O) groups is 1. The highest BCUT2D eigenvalue weighted by Crippen LogP contribution is 2.20. The predicted octanol–water partition coefficient (Wildman–Crippen LogP) is 1.53. The molecule has 106 valence electrons. The molecule has 2 rings (SSSR count). The Kier molecular flexibility index (Phi) is 5.79. The summed E-state index contributed by atoms with van der Waals surface area (Å²) < 4.78 is 5.36. The molecule has 1 heterocycles. The lowest BCUT2D eigenvalue weighted by atomic mass is 9.91. The van der Waals surface area contributed by atoms with Gasteiger partial charge in [0.25, 0.3) is 0 Å². The first-order valence-electron chi connectivity index (χ1n) is 6.34. The number of halogens is 1. The summed E-state index contributed by atoms with van der Waals surface area (Å²) in [5.74, 6) is -0.0285. The maximum Gasteiger partial charge on any atom is 0.247 e. The quantitative estimate of drug-likeness (QED) is 0.896. The van der Waals surface area contributed by atoms with Gasteiger partial charge in [0.05, 0.1) is 6.61 Å². The highest BCUT2D eigenvalue weighted by atomic mass is 35.5. The van der Waals surface area contributed by atoms with Crippen molar-refractivity contribution in [2.24, 2.45) is 5.73 Å². The van der Waals surface area contributed by atoms with Crippen molar-refractivity contribution in [3.63, 3.8) is 0 Å². The van der Waals surface area contributed by atoms with Crippen LogP contribution in [0.4, 0.5) is 0 Å². The number of rotatable bonds is 2. The largest absolute Gasteiger partial charge is 0.380 e. The third-order valence-corrected chi connectivity index (χ3v) is 3.33. The van der Waals surface area contributed by atoms with Crippen molar-refractivity contribution in [1.82, 2.24) is 4.90 Å². The van der Waals surface area contributed by atoms with Crippen molar-refractivity contribution >= 4 is 18.3 Å². The number of nitrogens with two attached hydrogens (primary N) is 1. The van der Waals surface area contributed by atoms with E-state index >= 15 is 0 Å². The Balaban J connectivity index is 0.00000180. The molecule has 1 amide bonds. The van der Waals surface area contributed by atoms with Crippen LogP contribution < -0.4 is 5.73 Å². The Hall–Kier alpha value is -1.10. The fourth-order valence-electron chi connectivity index (χ4n) is 2.19. The van der Waals surface area contributed by atoms with Gasteiger partial charge >= 0.3 is 0 Å². The fourth-order valence-corrected chi connectivity index (χ4v) is 2.19. The molecule has 5 heteroatoms. The minimum absolute atomic E-state index is 0. The van der Waals surface area contributed by atoms with Gasteiger partial charge in [0, 0.05) is 19.7 Å². The van der Waals surface area contributed by atoms with Crippen molar-refractivity contribution in [3.05, 3.63) is 35.9 Å². The first-order chi connectivity index (χ1) is 8.62. The minimum atomic E-state index is -0.967. The summed E-state index contributed by atoms with van der Waals surface area (Å²) in [6, 6.07) is 9.51. The molecule has 0 bridgehead atoms. The van der Waals surface area contributed by atoms with Gasteiger partial charge in [0.15, 0.2) is 0 Å². The third kappa shape index (κ3) is 3.69. The van der Waals surface area contributed by atoms with Gasteiger partial charge in [0.2, 0.25) is 5.91 Å². The number of amides is 1. The molecule has 0 aromatic heterocycles. The molecule has 0 radical (unpaired) electrons. The molecule has 1 aromatic carbocycles. The topological polar surface area (TPSA) is 55.6 Å². The standard InChI is InChI=1S/C14H20N2O2.ClH/c1-14(15,12-6-3-2-4-7-12)13(17)16-8-5-10-18-11-9-16;/h2-4,6-7H,5,8-11,15H2,1H3;1H. The molecule has 1 atom stereocenters. The van der Waals surface area contributed by atoms with Gasteiger partial charge in [-0.25, -0.2) is 0 Å². The van der Waals surface area contributed by atoms with Crippen molar-refractivity contribution in [2.45, 2.75) is 18.9 Å². The van der Waals surface area contributed by atoms with Crippen LogP contribution in [0.15, 0.2) is 30.3 Å². The van der Waals surface area contributed by atoms with Crippen LogP contribution in [0.5, 0.6) is 0 Å². The van der Waals surface area contributed by atoms with Gasteiger partial charge in [-0.3, -0.25) is 4.79 Å². The summed E-state index contributed by atoms with van der Waals surface area (Å²) in [6.45, 7) is 4.43. The average molecular weight is 285 g/mol. The first kappa shape index (κ1) is 16.0. The minimum Gasteiger partial charge on any atom is -0.380 e. The SMILES string of the molecule is CC(N)(C(=O)N1CCCOCC1)c1ccccc1.Cl. The molecule has 1 aromatic rings. The molecule has 0 spiro atoms. The molecule has 1 unspecified atom stereocenters. The highest BCUT2D eigenvalue weighted by molar-refractivity contribution is 5.87. The van der Waals surface area contributed by atoms with Gasteiger partial charge in [-0.05, 0) is 18.9 Å². The number of benzene rings is 1. The molecule has 2 N–H and O–H groups in total. The van der Waals surface area contributed by atoms with Gasteiger partial charge in [-0.2, -0.15) is 0 Å². The Bertz CT molecular complexity index is 401. The van der Waals surface area contributed by atoms with E-state index in [1.165, 1.54) is 0 Å². The van der Waals surface area contributed by atoms with Crippen molar-refractivity contribution in [2.75, 3.05) is 26.3 Å². The molecule has 1 aliphatic rings. The lowest BCUT2D eigenvalue weighted by Gasteiger charge is -2.31. The molecule has 1 fully saturated rings. The maximum atomic E-state index is 12.5. The van der Waals surface area contributed by atoms with E-state index in [1.54, 1.807) is 11.8 Å². The second-order valence-corrected chi connectivity index (χ2v) is 4.83. The highest BCUT2D eigenvalue weighted by Gasteiger charge is 2.34. The third-order valence-electron chi connectivity index (χ3n) is 3.33. The zero-order valence-corrected chi connectivity index (χ0v) is 12.0. The van der Waals surface area contributed by atoms with Crippen LogP contribution in [0, 0.1) is 0 Å². The lowest BCUT2D eigenvalue weighted by Crippen LogP contribution is -2.51. The smallest absolute Gasteiger partial charge is 0.247 e. The van der Waals surface area contributed by atoms with Crippen LogP contribution >= 0.6 is 12.4 Å². The number of hydrogen-bond acceptors (Lipinski definition) is 3. The Morgan fingerprint density at radius 2 is 1.95 bits per heavy atom. The number of hydrogen-bond donors (Lipinski definition) is 1. The van der Waals surface area contributed by atoms with Crippen LogP contribution in [0.2, 0.25) is 0 Å². The molecule has 0 aliphatic carbocycles. The first-order valence-corrected chi connectivity index (χ1v) is 6.34.